The van der Waals surface area contributed by atoms with Gasteiger partial charge in [0.05, 0.1) is 17.8 Å². The molecule has 1 fully saturated rings. The summed E-state index contributed by atoms with van der Waals surface area (Å²) in [4.78, 5) is 0. The van der Waals surface area contributed by atoms with Gasteiger partial charge >= 0.3 is 0 Å². The quantitative estimate of drug-likeness (QED) is 0.859. The van der Waals surface area contributed by atoms with Crippen molar-refractivity contribution in [3.63, 3.8) is 0 Å². The van der Waals surface area contributed by atoms with Gasteiger partial charge < -0.3 is 10.4 Å². The molecule has 2 nitrogen and oxygen atoms in total. The van der Waals surface area contributed by atoms with E-state index in [0.717, 1.165) is 40.0 Å². The van der Waals surface area contributed by atoms with Crippen molar-refractivity contribution in [3.8, 4) is 0 Å². The molecule has 2 atom stereocenters. The van der Waals surface area contributed by atoms with Gasteiger partial charge in [-0.3, -0.25) is 0 Å². The van der Waals surface area contributed by atoms with Gasteiger partial charge in [-0.15, -0.1) is 0 Å². The van der Waals surface area contributed by atoms with E-state index in [0.29, 0.717) is 0 Å². The van der Waals surface area contributed by atoms with E-state index >= 15 is 0 Å². The SMILES string of the molecule is Cc1cc(Br)c(NC2CCCCC2O)cc1Cl. The van der Waals surface area contributed by atoms with Gasteiger partial charge in [0.25, 0.3) is 0 Å². The minimum Gasteiger partial charge on any atom is -0.391 e. The van der Waals surface area contributed by atoms with Crippen LogP contribution in [-0.4, -0.2) is 17.3 Å². The minimum absolute atomic E-state index is 0.138. The molecule has 0 aromatic heterocycles. The van der Waals surface area contributed by atoms with Gasteiger partial charge in [0.2, 0.25) is 0 Å². The van der Waals surface area contributed by atoms with Crippen LogP contribution in [0.1, 0.15) is 31.2 Å². The van der Waals surface area contributed by atoms with E-state index in [-0.39, 0.29) is 12.1 Å². The average molecular weight is 319 g/mol. The topological polar surface area (TPSA) is 32.3 Å². The molecule has 17 heavy (non-hydrogen) atoms. The lowest BCUT2D eigenvalue weighted by Crippen LogP contribution is -2.36. The Morgan fingerprint density at radius 2 is 2.06 bits per heavy atom. The molecule has 0 radical (unpaired) electrons. The molecular formula is C13H17BrClNO. The van der Waals surface area contributed by atoms with E-state index < -0.39 is 0 Å². The van der Waals surface area contributed by atoms with Crippen LogP contribution >= 0.6 is 27.5 Å². The van der Waals surface area contributed by atoms with Gasteiger partial charge in [0.15, 0.2) is 0 Å². The van der Waals surface area contributed by atoms with Crippen LogP contribution < -0.4 is 5.32 Å². The second-order valence-corrected chi connectivity index (χ2v) is 5.95. The number of aryl methyl sites for hydroxylation is 1. The Morgan fingerprint density at radius 3 is 2.76 bits per heavy atom. The molecule has 1 aliphatic rings. The van der Waals surface area contributed by atoms with Gasteiger partial charge in [-0.1, -0.05) is 24.4 Å². The Kier molecular flexibility index (Phi) is 4.34. The zero-order valence-electron chi connectivity index (χ0n) is 9.84. The van der Waals surface area contributed by atoms with Crippen LogP contribution in [0, 0.1) is 6.92 Å². The summed E-state index contributed by atoms with van der Waals surface area (Å²) in [7, 11) is 0. The van der Waals surface area contributed by atoms with Gasteiger partial charge in [-0.25, -0.2) is 0 Å². The standard InChI is InChI=1S/C13H17BrClNO/c1-8-6-9(14)12(7-10(8)15)16-11-4-2-3-5-13(11)17/h6-7,11,13,16-17H,2-5H2,1H3. The molecule has 1 aromatic rings. The van der Waals surface area contributed by atoms with Crippen molar-refractivity contribution in [2.45, 2.75) is 44.8 Å². The molecule has 0 heterocycles. The summed E-state index contributed by atoms with van der Waals surface area (Å²) in [6.45, 7) is 1.98. The molecular weight excluding hydrogens is 302 g/mol. The number of hydrogen-bond donors (Lipinski definition) is 2. The van der Waals surface area contributed by atoms with Gasteiger partial charge in [-0.05, 0) is 53.4 Å². The maximum Gasteiger partial charge on any atom is 0.0741 e. The van der Waals surface area contributed by atoms with Crippen LogP contribution in [0.25, 0.3) is 0 Å². The Morgan fingerprint density at radius 1 is 1.35 bits per heavy atom. The lowest BCUT2D eigenvalue weighted by atomic mass is 9.92. The van der Waals surface area contributed by atoms with Crippen LogP contribution in [0.15, 0.2) is 16.6 Å². The minimum atomic E-state index is -0.254. The highest BCUT2D eigenvalue weighted by Crippen LogP contribution is 2.31. The molecule has 0 amide bonds. The number of benzene rings is 1. The second-order valence-electron chi connectivity index (χ2n) is 4.68. The summed E-state index contributed by atoms with van der Waals surface area (Å²) in [5.41, 5.74) is 2.01. The number of rotatable bonds is 2. The molecule has 2 N–H and O–H groups in total. The Balaban J connectivity index is 2.15. The third-order valence-corrected chi connectivity index (χ3v) is 4.38. The monoisotopic (exact) mass is 317 g/mol. The predicted octanol–water partition coefficient (Wildman–Crippen LogP) is 4.13. The number of anilines is 1. The van der Waals surface area contributed by atoms with Crippen molar-refractivity contribution >= 4 is 33.2 Å². The first-order valence-electron chi connectivity index (χ1n) is 5.98. The number of aliphatic hydroxyl groups is 1. The Hall–Kier alpha value is -0.250. The molecule has 0 aliphatic heterocycles. The van der Waals surface area contributed by atoms with E-state index in [1.54, 1.807) is 0 Å². The molecule has 0 bridgehead atoms. The van der Waals surface area contributed by atoms with Crippen molar-refractivity contribution in [2.75, 3.05) is 5.32 Å². The maximum atomic E-state index is 9.93. The summed E-state index contributed by atoms with van der Waals surface area (Å²) in [6.07, 6.45) is 3.94. The summed E-state index contributed by atoms with van der Waals surface area (Å²) in [5, 5.41) is 14.1. The molecule has 2 rings (SSSR count). The number of hydrogen-bond acceptors (Lipinski definition) is 2. The zero-order chi connectivity index (χ0) is 12.4. The summed E-state index contributed by atoms with van der Waals surface area (Å²) >= 11 is 9.64. The maximum absolute atomic E-state index is 9.93. The molecule has 4 heteroatoms. The van der Waals surface area contributed by atoms with Gasteiger partial charge in [-0.2, -0.15) is 0 Å². The first-order chi connectivity index (χ1) is 8.08. The van der Waals surface area contributed by atoms with E-state index in [4.69, 9.17) is 11.6 Å². The molecule has 0 saturated heterocycles. The van der Waals surface area contributed by atoms with Crippen LogP contribution in [0.3, 0.4) is 0 Å². The van der Waals surface area contributed by atoms with Crippen molar-refractivity contribution < 1.29 is 5.11 Å². The van der Waals surface area contributed by atoms with Crippen molar-refractivity contribution in [1.82, 2.24) is 0 Å². The van der Waals surface area contributed by atoms with Crippen LogP contribution in [0.4, 0.5) is 5.69 Å². The number of nitrogens with one attached hydrogen (secondary N) is 1. The molecule has 1 saturated carbocycles. The highest BCUT2D eigenvalue weighted by atomic mass is 79.9. The zero-order valence-corrected chi connectivity index (χ0v) is 12.2. The first-order valence-corrected chi connectivity index (χ1v) is 7.15. The van der Waals surface area contributed by atoms with Crippen molar-refractivity contribution in [3.05, 3.63) is 27.2 Å². The molecule has 1 aliphatic carbocycles. The molecule has 1 aromatic carbocycles. The lowest BCUT2D eigenvalue weighted by molar-refractivity contribution is 0.116. The predicted molar refractivity (Wildman–Crippen MR) is 75.8 cm³/mol. The Bertz CT molecular complexity index is 411. The summed E-state index contributed by atoms with van der Waals surface area (Å²) in [6, 6.07) is 4.06. The third kappa shape index (κ3) is 3.15. The largest absolute Gasteiger partial charge is 0.391 e. The Labute approximate surface area is 115 Å². The van der Waals surface area contributed by atoms with Crippen LogP contribution in [0.2, 0.25) is 5.02 Å². The fraction of sp³-hybridized carbons (Fsp3) is 0.538. The lowest BCUT2D eigenvalue weighted by Gasteiger charge is -2.29. The smallest absolute Gasteiger partial charge is 0.0741 e. The van der Waals surface area contributed by atoms with E-state index in [1.165, 1.54) is 6.42 Å². The van der Waals surface area contributed by atoms with E-state index in [2.05, 4.69) is 21.2 Å². The highest BCUT2D eigenvalue weighted by molar-refractivity contribution is 9.10. The third-order valence-electron chi connectivity index (χ3n) is 3.32. The van der Waals surface area contributed by atoms with Crippen LogP contribution in [-0.2, 0) is 0 Å². The molecule has 94 valence electrons. The fourth-order valence-electron chi connectivity index (χ4n) is 2.24. The van der Waals surface area contributed by atoms with E-state index in [1.807, 2.05) is 19.1 Å². The molecule has 2 unspecified atom stereocenters. The summed E-state index contributed by atoms with van der Waals surface area (Å²) in [5.74, 6) is 0. The second kappa shape index (κ2) is 5.59. The van der Waals surface area contributed by atoms with Crippen molar-refractivity contribution in [2.24, 2.45) is 0 Å². The fourth-order valence-corrected chi connectivity index (χ4v) is 2.97. The van der Waals surface area contributed by atoms with Gasteiger partial charge in [0, 0.05) is 9.50 Å². The number of aliphatic hydroxyl groups excluding tert-OH is 1. The number of halogens is 2. The first kappa shape index (κ1) is 13.2. The summed E-state index contributed by atoms with van der Waals surface area (Å²) < 4.78 is 0.997. The van der Waals surface area contributed by atoms with Crippen LogP contribution in [0.5, 0.6) is 0 Å². The van der Waals surface area contributed by atoms with Gasteiger partial charge in [0.1, 0.15) is 0 Å². The van der Waals surface area contributed by atoms with E-state index in [9.17, 15) is 5.11 Å². The highest BCUT2D eigenvalue weighted by Gasteiger charge is 2.23. The average Bonchev–Trinajstić information content (AvgIpc) is 2.29. The van der Waals surface area contributed by atoms with Crippen molar-refractivity contribution in [1.29, 1.82) is 0 Å². The molecule has 0 spiro atoms. The normalized spacial score (nSPS) is 24.7.